The summed E-state index contributed by atoms with van der Waals surface area (Å²) in [7, 11) is 1.67. The van der Waals surface area contributed by atoms with Gasteiger partial charge in [0.1, 0.15) is 6.61 Å². The van der Waals surface area contributed by atoms with Crippen LogP contribution in [0.5, 0.6) is 11.5 Å². The van der Waals surface area contributed by atoms with E-state index in [-0.39, 0.29) is 6.61 Å². The highest BCUT2D eigenvalue weighted by Gasteiger charge is 2.34. The van der Waals surface area contributed by atoms with Crippen molar-refractivity contribution in [3.8, 4) is 23.8 Å². The zero-order valence-electron chi connectivity index (χ0n) is 14.1. The normalized spacial score (nSPS) is 24.9. The quantitative estimate of drug-likeness (QED) is 0.779. The molecule has 0 bridgehead atoms. The molecule has 124 valence electrons. The summed E-state index contributed by atoms with van der Waals surface area (Å²) in [5.41, 5.74) is 1.26. The van der Waals surface area contributed by atoms with E-state index in [9.17, 15) is 0 Å². The third-order valence-electron chi connectivity index (χ3n) is 4.99. The van der Waals surface area contributed by atoms with Crippen LogP contribution in [-0.2, 0) is 6.54 Å². The summed E-state index contributed by atoms with van der Waals surface area (Å²) in [5, 5.41) is 0. The number of methoxy groups -OCH3 is 1. The summed E-state index contributed by atoms with van der Waals surface area (Å²) in [6, 6.07) is 7.48. The summed E-state index contributed by atoms with van der Waals surface area (Å²) in [6.07, 6.45) is 7.94. The number of rotatable bonds is 5. The molecule has 4 nitrogen and oxygen atoms in total. The van der Waals surface area contributed by atoms with Crippen molar-refractivity contribution < 1.29 is 9.47 Å². The Morgan fingerprint density at radius 2 is 2.17 bits per heavy atom. The van der Waals surface area contributed by atoms with Gasteiger partial charge in [0.05, 0.1) is 7.11 Å². The van der Waals surface area contributed by atoms with Crippen molar-refractivity contribution in [2.24, 2.45) is 0 Å². The van der Waals surface area contributed by atoms with Crippen molar-refractivity contribution in [2.75, 3.05) is 33.4 Å². The number of nitrogens with zero attached hydrogens (tertiary/aromatic N) is 2. The number of hydrogen-bond donors (Lipinski definition) is 0. The van der Waals surface area contributed by atoms with Gasteiger partial charge in [-0.1, -0.05) is 12.0 Å². The Morgan fingerprint density at radius 3 is 2.96 bits per heavy atom. The van der Waals surface area contributed by atoms with Gasteiger partial charge in [-0.15, -0.1) is 6.42 Å². The number of piperazine rings is 1. The molecule has 0 aliphatic carbocycles. The van der Waals surface area contributed by atoms with Crippen LogP contribution in [0.1, 0.15) is 25.3 Å². The molecule has 0 spiro atoms. The van der Waals surface area contributed by atoms with Crippen molar-refractivity contribution in [2.45, 2.75) is 38.4 Å². The third-order valence-corrected chi connectivity index (χ3v) is 4.99. The molecule has 2 atom stereocenters. The van der Waals surface area contributed by atoms with Crippen LogP contribution >= 0.6 is 0 Å². The van der Waals surface area contributed by atoms with E-state index in [1.54, 1.807) is 7.11 Å². The van der Waals surface area contributed by atoms with Gasteiger partial charge in [0.2, 0.25) is 0 Å². The van der Waals surface area contributed by atoms with Gasteiger partial charge in [0.25, 0.3) is 0 Å². The average molecular weight is 314 g/mol. The summed E-state index contributed by atoms with van der Waals surface area (Å²) in [4.78, 5) is 5.24. The molecule has 23 heavy (non-hydrogen) atoms. The SMILES string of the molecule is C#CCOc1ccc(CN2C[C@@H]3CCCN3C[C@H]2C)cc1OC. The van der Waals surface area contributed by atoms with Gasteiger partial charge in [0.15, 0.2) is 11.5 Å². The van der Waals surface area contributed by atoms with Crippen LogP contribution in [-0.4, -0.2) is 55.2 Å². The fourth-order valence-corrected chi connectivity index (χ4v) is 3.75. The number of fused-ring (bicyclic) bond motifs is 1. The highest BCUT2D eigenvalue weighted by Crippen LogP contribution is 2.30. The smallest absolute Gasteiger partial charge is 0.162 e. The predicted octanol–water partition coefficient (Wildman–Crippen LogP) is 2.38. The maximum atomic E-state index is 5.52. The van der Waals surface area contributed by atoms with E-state index in [0.29, 0.717) is 11.8 Å². The van der Waals surface area contributed by atoms with Gasteiger partial charge in [0, 0.05) is 31.7 Å². The maximum absolute atomic E-state index is 5.52. The van der Waals surface area contributed by atoms with Crippen LogP contribution in [0.3, 0.4) is 0 Å². The minimum atomic E-state index is 0.260. The fourth-order valence-electron chi connectivity index (χ4n) is 3.75. The highest BCUT2D eigenvalue weighted by molar-refractivity contribution is 5.43. The molecular weight excluding hydrogens is 288 g/mol. The second-order valence-corrected chi connectivity index (χ2v) is 6.55. The summed E-state index contributed by atoms with van der Waals surface area (Å²) >= 11 is 0. The molecule has 2 fully saturated rings. The Balaban J connectivity index is 1.68. The van der Waals surface area contributed by atoms with Gasteiger partial charge in [-0.25, -0.2) is 0 Å². The van der Waals surface area contributed by atoms with Crippen LogP contribution in [0.2, 0.25) is 0 Å². The van der Waals surface area contributed by atoms with E-state index in [0.717, 1.165) is 18.3 Å². The van der Waals surface area contributed by atoms with E-state index < -0.39 is 0 Å². The van der Waals surface area contributed by atoms with Crippen LogP contribution < -0.4 is 9.47 Å². The molecule has 0 saturated carbocycles. The summed E-state index contributed by atoms with van der Waals surface area (Å²) in [5.74, 6) is 3.95. The first kappa shape index (κ1) is 16.2. The average Bonchev–Trinajstić information content (AvgIpc) is 3.00. The molecule has 0 N–H and O–H groups in total. The lowest BCUT2D eigenvalue weighted by Crippen LogP contribution is -2.54. The van der Waals surface area contributed by atoms with Crippen molar-refractivity contribution in [1.29, 1.82) is 0 Å². The van der Waals surface area contributed by atoms with Gasteiger partial charge >= 0.3 is 0 Å². The van der Waals surface area contributed by atoms with Crippen molar-refractivity contribution in [3.05, 3.63) is 23.8 Å². The molecule has 2 saturated heterocycles. The Bertz CT molecular complexity index is 581. The molecule has 1 aromatic carbocycles. The molecule has 2 heterocycles. The van der Waals surface area contributed by atoms with E-state index in [4.69, 9.17) is 15.9 Å². The maximum Gasteiger partial charge on any atom is 0.162 e. The summed E-state index contributed by atoms with van der Waals surface area (Å²) < 4.78 is 11.0. The molecule has 2 aliphatic heterocycles. The van der Waals surface area contributed by atoms with Crippen LogP contribution in [0.4, 0.5) is 0 Å². The van der Waals surface area contributed by atoms with E-state index in [2.05, 4.69) is 34.8 Å². The standard InChI is InChI=1S/C19H26N2O2/c1-4-10-23-18-8-7-16(11-19(18)22-3)13-21-14-17-6-5-9-20(17)12-15(21)2/h1,7-8,11,15,17H,5-6,9-10,12-14H2,2-3H3/t15-,17+/m1/s1. The van der Waals surface area contributed by atoms with Crippen molar-refractivity contribution in [1.82, 2.24) is 9.80 Å². The number of hydrogen-bond acceptors (Lipinski definition) is 4. The fraction of sp³-hybridized carbons (Fsp3) is 0.579. The van der Waals surface area contributed by atoms with Crippen molar-refractivity contribution in [3.63, 3.8) is 0 Å². The van der Waals surface area contributed by atoms with E-state index in [1.807, 2.05) is 6.07 Å². The van der Waals surface area contributed by atoms with Gasteiger partial charge in [-0.3, -0.25) is 9.80 Å². The first-order valence-corrected chi connectivity index (χ1v) is 8.42. The first-order valence-electron chi connectivity index (χ1n) is 8.42. The van der Waals surface area contributed by atoms with Crippen LogP contribution in [0.25, 0.3) is 0 Å². The molecular formula is C19H26N2O2. The number of terminal acetylenes is 1. The minimum absolute atomic E-state index is 0.260. The second kappa shape index (κ2) is 7.25. The van der Waals surface area contributed by atoms with Crippen molar-refractivity contribution >= 4 is 0 Å². The molecule has 3 rings (SSSR count). The molecule has 2 aliphatic rings. The molecule has 0 radical (unpaired) electrons. The molecule has 0 aromatic heterocycles. The Kier molecular flexibility index (Phi) is 5.09. The number of benzene rings is 1. The first-order chi connectivity index (χ1) is 11.2. The monoisotopic (exact) mass is 314 g/mol. The minimum Gasteiger partial charge on any atom is -0.493 e. The molecule has 0 amide bonds. The third kappa shape index (κ3) is 3.63. The van der Waals surface area contributed by atoms with Gasteiger partial charge in [-0.05, 0) is 44.0 Å². The Hall–Kier alpha value is -1.70. The number of ether oxygens (including phenoxy) is 2. The molecule has 0 unspecified atom stereocenters. The lowest BCUT2D eigenvalue weighted by Gasteiger charge is -2.42. The second-order valence-electron chi connectivity index (χ2n) is 6.55. The predicted molar refractivity (Wildman–Crippen MR) is 91.8 cm³/mol. The highest BCUT2D eigenvalue weighted by atomic mass is 16.5. The van der Waals surface area contributed by atoms with E-state index >= 15 is 0 Å². The van der Waals surface area contributed by atoms with Gasteiger partial charge < -0.3 is 9.47 Å². The summed E-state index contributed by atoms with van der Waals surface area (Å²) in [6.45, 7) is 7.17. The zero-order chi connectivity index (χ0) is 16.2. The lowest BCUT2D eigenvalue weighted by molar-refractivity contribution is 0.0540. The molecule has 1 aromatic rings. The molecule has 4 heteroatoms. The lowest BCUT2D eigenvalue weighted by atomic mass is 10.1. The van der Waals surface area contributed by atoms with Gasteiger partial charge in [-0.2, -0.15) is 0 Å². The zero-order valence-corrected chi connectivity index (χ0v) is 14.1. The van der Waals surface area contributed by atoms with E-state index in [1.165, 1.54) is 38.0 Å². The Labute approximate surface area is 139 Å². The van der Waals surface area contributed by atoms with Crippen LogP contribution in [0.15, 0.2) is 18.2 Å². The van der Waals surface area contributed by atoms with Crippen LogP contribution in [0, 0.1) is 12.3 Å². The Morgan fingerprint density at radius 1 is 1.30 bits per heavy atom. The largest absolute Gasteiger partial charge is 0.493 e. The topological polar surface area (TPSA) is 24.9 Å².